The number of aryl methyl sites for hydroxylation is 1. The van der Waals surface area contributed by atoms with Crippen molar-refractivity contribution in [3.05, 3.63) is 38.3 Å². The summed E-state index contributed by atoms with van der Waals surface area (Å²) in [5.41, 5.74) is 1.02. The van der Waals surface area contributed by atoms with Crippen LogP contribution in [0.15, 0.2) is 32.8 Å². The summed E-state index contributed by atoms with van der Waals surface area (Å²) in [5, 5.41) is 13.3. The van der Waals surface area contributed by atoms with E-state index in [1.165, 1.54) is 11.3 Å². The summed E-state index contributed by atoms with van der Waals surface area (Å²) in [4.78, 5) is 12.9. The van der Waals surface area contributed by atoms with Gasteiger partial charge in [-0.25, -0.2) is 0 Å². The normalized spacial score (nSPS) is 11.1. The standard InChI is InChI=1S/C13H14N4OS3/c1-9-8-21-13(18)17(9)5-7-20-12-15-14-11(16(12)2)10-4-3-6-19-10/h3-4,6,8H,5,7H2,1-2H3. The molecule has 21 heavy (non-hydrogen) atoms. The van der Waals surface area contributed by atoms with Gasteiger partial charge in [-0.3, -0.25) is 4.79 Å². The maximum atomic E-state index is 11.6. The molecule has 3 rings (SSSR count). The van der Waals surface area contributed by atoms with Gasteiger partial charge in [-0.15, -0.1) is 21.5 Å². The third-order valence-electron chi connectivity index (χ3n) is 3.10. The van der Waals surface area contributed by atoms with E-state index in [1.54, 1.807) is 27.7 Å². The summed E-state index contributed by atoms with van der Waals surface area (Å²) >= 11 is 4.52. The molecule has 0 unspecified atom stereocenters. The lowest BCUT2D eigenvalue weighted by atomic mass is 10.4. The quantitative estimate of drug-likeness (QED) is 0.671. The lowest BCUT2D eigenvalue weighted by molar-refractivity contribution is 0.726. The van der Waals surface area contributed by atoms with Crippen LogP contribution in [0.2, 0.25) is 0 Å². The van der Waals surface area contributed by atoms with E-state index in [4.69, 9.17) is 0 Å². The molecule has 0 saturated carbocycles. The first-order valence-corrected chi connectivity index (χ1v) is 9.12. The molecular weight excluding hydrogens is 324 g/mol. The fourth-order valence-electron chi connectivity index (χ4n) is 1.96. The van der Waals surface area contributed by atoms with Gasteiger partial charge < -0.3 is 9.13 Å². The van der Waals surface area contributed by atoms with Crippen LogP contribution in [0.4, 0.5) is 0 Å². The Balaban J connectivity index is 1.68. The van der Waals surface area contributed by atoms with E-state index in [-0.39, 0.29) is 4.87 Å². The number of thiazole rings is 1. The zero-order valence-electron chi connectivity index (χ0n) is 11.6. The molecule has 0 fully saturated rings. The van der Waals surface area contributed by atoms with Crippen LogP contribution in [-0.4, -0.2) is 25.1 Å². The van der Waals surface area contributed by atoms with E-state index in [1.807, 2.05) is 41.4 Å². The Morgan fingerprint density at radius 3 is 2.86 bits per heavy atom. The summed E-state index contributed by atoms with van der Waals surface area (Å²) < 4.78 is 3.80. The Kier molecular flexibility index (Phi) is 4.27. The molecule has 0 bridgehead atoms. The van der Waals surface area contributed by atoms with Gasteiger partial charge in [0, 0.05) is 30.4 Å². The summed E-state index contributed by atoms with van der Waals surface area (Å²) in [6.07, 6.45) is 0. The molecule has 0 atom stereocenters. The molecule has 0 N–H and O–H groups in total. The number of hydrogen-bond acceptors (Lipinski definition) is 6. The Morgan fingerprint density at radius 1 is 1.33 bits per heavy atom. The molecular formula is C13H14N4OS3. The minimum atomic E-state index is 0.102. The topological polar surface area (TPSA) is 52.7 Å². The van der Waals surface area contributed by atoms with Gasteiger partial charge in [0.2, 0.25) is 0 Å². The lowest BCUT2D eigenvalue weighted by Crippen LogP contribution is -2.15. The van der Waals surface area contributed by atoms with Crippen molar-refractivity contribution >= 4 is 34.4 Å². The summed E-state index contributed by atoms with van der Waals surface area (Å²) in [7, 11) is 1.97. The van der Waals surface area contributed by atoms with Gasteiger partial charge in [0.05, 0.1) is 4.88 Å². The van der Waals surface area contributed by atoms with Crippen LogP contribution in [0, 0.1) is 6.92 Å². The minimum Gasteiger partial charge on any atom is -0.304 e. The Labute approximate surface area is 134 Å². The Bertz CT molecular complexity index is 785. The van der Waals surface area contributed by atoms with Crippen LogP contribution in [0.3, 0.4) is 0 Å². The summed E-state index contributed by atoms with van der Waals surface area (Å²) in [6, 6.07) is 4.05. The van der Waals surface area contributed by atoms with Crippen molar-refractivity contribution in [2.24, 2.45) is 7.05 Å². The third kappa shape index (κ3) is 2.97. The second kappa shape index (κ2) is 6.17. The molecule has 8 heteroatoms. The zero-order chi connectivity index (χ0) is 14.8. The monoisotopic (exact) mass is 338 g/mol. The van der Waals surface area contributed by atoms with E-state index >= 15 is 0 Å². The molecule has 3 heterocycles. The van der Waals surface area contributed by atoms with Crippen LogP contribution in [0.25, 0.3) is 10.7 Å². The van der Waals surface area contributed by atoms with Crippen molar-refractivity contribution in [1.82, 2.24) is 19.3 Å². The minimum absolute atomic E-state index is 0.102. The molecule has 0 amide bonds. The van der Waals surface area contributed by atoms with Crippen LogP contribution >= 0.6 is 34.4 Å². The first kappa shape index (κ1) is 14.6. The van der Waals surface area contributed by atoms with Gasteiger partial charge in [0.15, 0.2) is 11.0 Å². The van der Waals surface area contributed by atoms with Gasteiger partial charge in [-0.2, -0.15) is 0 Å². The van der Waals surface area contributed by atoms with E-state index in [0.717, 1.165) is 27.3 Å². The van der Waals surface area contributed by atoms with E-state index in [9.17, 15) is 4.79 Å². The van der Waals surface area contributed by atoms with Crippen molar-refractivity contribution in [3.8, 4) is 10.7 Å². The lowest BCUT2D eigenvalue weighted by Gasteiger charge is -2.04. The number of hydrogen-bond donors (Lipinski definition) is 0. The van der Waals surface area contributed by atoms with Crippen LogP contribution in [0.5, 0.6) is 0 Å². The molecule has 3 aromatic rings. The highest BCUT2D eigenvalue weighted by atomic mass is 32.2. The molecule has 3 aromatic heterocycles. The summed E-state index contributed by atoms with van der Waals surface area (Å²) in [5.74, 6) is 1.69. The molecule has 0 aliphatic carbocycles. The third-order valence-corrected chi connectivity index (χ3v) is 5.85. The predicted octanol–water partition coefficient (Wildman–Crippen LogP) is 2.87. The second-order valence-corrected chi connectivity index (χ2v) is 7.32. The van der Waals surface area contributed by atoms with Gasteiger partial charge in [0.25, 0.3) is 0 Å². The van der Waals surface area contributed by atoms with Gasteiger partial charge in [0.1, 0.15) is 0 Å². The van der Waals surface area contributed by atoms with Gasteiger partial charge in [-0.1, -0.05) is 29.2 Å². The van der Waals surface area contributed by atoms with E-state index in [2.05, 4.69) is 10.2 Å². The van der Waals surface area contributed by atoms with Gasteiger partial charge in [-0.05, 0) is 18.4 Å². The van der Waals surface area contributed by atoms with Crippen LogP contribution < -0.4 is 4.87 Å². The highest BCUT2D eigenvalue weighted by Gasteiger charge is 2.12. The highest BCUT2D eigenvalue weighted by Crippen LogP contribution is 2.26. The van der Waals surface area contributed by atoms with Crippen molar-refractivity contribution in [3.63, 3.8) is 0 Å². The molecule has 0 aliphatic rings. The Hall–Kier alpha value is -1.38. The average Bonchev–Trinajstić information content (AvgIpc) is 3.16. The van der Waals surface area contributed by atoms with E-state index in [0.29, 0.717) is 6.54 Å². The second-order valence-electron chi connectivity index (χ2n) is 4.49. The number of thioether (sulfide) groups is 1. The molecule has 0 saturated heterocycles. The number of nitrogens with zero attached hydrogens (tertiary/aromatic N) is 4. The fraction of sp³-hybridized carbons (Fsp3) is 0.308. The van der Waals surface area contributed by atoms with Crippen molar-refractivity contribution in [2.45, 2.75) is 18.6 Å². The van der Waals surface area contributed by atoms with Gasteiger partial charge >= 0.3 is 4.87 Å². The molecule has 0 spiro atoms. The molecule has 110 valence electrons. The van der Waals surface area contributed by atoms with Crippen LogP contribution in [-0.2, 0) is 13.6 Å². The first-order chi connectivity index (χ1) is 10.2. The smallest absolute Gasteiger partial charge is 0.304 e. The van der Waals surface area contributed by atoms with E-state index < -0.39 is 0 Å². The number of aromatic nitrogens is 4. The van der Waals surface area contributed by atoms with Crippen LogP contribution in [0.1, 0.15) is 5.69 Å². The number of rotatable bonds is 5. The molecule has 0 aromatic carbocycles. The average molecular weight is 338 g/mol. The fourth-order valence-corrected chi connectivity index (χ4v) is 4.30. The molecule has 5 nitrogen and oxygen atoms in total. The predicted molar refractivity (Wildman–Crippen MR) is 88.4 cm³/mol. The first-order valence-electron chi connectivity index (χ1n) is 6.38. The molecule has 0 aliphatic heterocycles. The largest absolute Gasteiger partial charge is 0.307 e. The number of thiophene rings is 1. The highest BCUT2D eigenvalue weighted by molar-refractivity contribution is 7.99. The van der Waals surface area contributed by atoms with Crippen molar-refractivity contribution in [2.75, 3.05) is 5.75 Å². The van der Waals surface area contributed by atoms with Crippen molar-refractivity contribution < 1.29 is 0 Å². The Morgan fingerprint density at radius 2 is 2.19 bits per heavy atom. The maximum Gasteiger partial charge on any atom is 0.307 e. The maximum absolute atomic E-state index is 11.6. The zero-order valence-corrected chi connectivity index (χ0v) is 14.1. The summed E-state index contributed by atoms with van der Waals surface area (Å²) in [6.45, 7) is 2.65. The molecule has 0 radical (unpaired) electrons. The van der Waals surface area contributed by atoms with Crippen molar-refractivity contribution in [1.29, 1.82) is 0 Å². The SMILES string of the molecule is Cc1csc(=O)n1CCSc1nnc(-c2cccs2)n1C.